The van der Waals surface area contributed by atoms with Crippen LogP contribution in [0.15, 0.2) is 0 Å². The zero-order chi connectivity index (χ0) is 12.9. The van der Waals surface area contributed by atoms with Crippen LogP contribution in [0.4, 0.5) is 0 Å². The summed E-state index contributed by atoms with van der Waals surface area (Å²) >= 11 is 0. The minimum absolute atomic E-state index is 0.00531. The van der Waals surface area contributed by atoms with E-state index in [4.69, 9.17) is 15.9 Å². The summed E-state index contributed by atoms with van der Waals surface area (Å²) in [5.41, 5.74) is 5.26. The van der Waals surface area contributed by atoms with Gasteiger partial charge in [-0.2, -0.15) is 4.31 Å². The van der Waals surface area contributed by atoms with Crippen molar-refractivity contribution < 1.29 is 13.2 Å². The third kappa shape index (κ3) is 4.91. The summed E-state index contributed by atoms with van der Waals surface area (Å²) in [7, 11) is -2.00. The molecule has 0 saturated heterocycles. The third-order valence-electron chi connectivity index (χ3n) is 2.23. The minimum Gasteiger partial charge on any atom is -0.386 e. The summed E-state index contributed by atoms with van der Waals surface area (Å²) in [6, 6.07) is -0.621. The number of nitrogens with zero attached hydrogens (tertiary/aromatic N) is 1. The van der Waals surface area contributed by atoms with E-state index >= 15 is 0 Å². The predicted molar refractivity (Wildman–Crippen MR) is 64.0 cm³/mol. The third-order valence-corrected chi connectivity index (χ3v) is 4.10. The molecule has 0 spiro atoms. The number of hydrogen-bond donors (Lipinski definition) is 2. The van der Waals surface area contributed by atoms with E-state index in [1.807, 2.05) is 13.8 Å². The first-order valence-electron chi connectivity index (χ1n) is 5.09. The van der Waals surface area contributed by atoms with E-state index in [9.17, 15) is 8.42 Å². The molecule has 96 valence electrons. The van der Waals surface area contributed by atoms with Crippen LogP contribution in [0, 0.1) is 5.41 Å². The molecule has 3 N–H and O–H groups in total. The molecule has 0 aliphatic rings. The highest BCUT2D eigenvalue weighted by Crippen LogP contribution is 2.05. The fourth-order valence-corrected chi connectivity index (χ4v) is 2.16. The van der Waals surface area contributed by atoms with Gasteiger partial charge in [0, 0.05) is 7.05 Å². The first-order chi connectivity index (χ1) is 7.18. The molecule has 0 aromatic carbocycles. The van der Waals surface area contributed by atoms with Crippen molar-refractivity contribution in [3.05, 3.63) is 0 Å². The lowest BCUT2D eigenvalue weighted by molar-refractivity contribution is 0.0907. The van der Waals surface area contributed by atoms with Gasteiger partial charge in [-0.1, -0.05) is 0 Å². The van der Waals surface area contributed by atoms with Crippen LogP contribution in [0.1, 0.15) is 20.8 Å². The summed E-state index contributed by atoms with van der Waals surface area (Å²) in [6.45, 7) is 5.40. The number of hydrogen-bond acceptors (Lipinski definition) is 4. The van der Waals surface area contributed by atoms with Crippen molar-refractivity contribution in [2.75, 3.05) is 19.4 Å². The molecule has 0 rings (SSSR count). The van der Waals surface area contributed by atoms with Crippen LogP contribution in [0.3, 0.4) is 0 Å². The molecule has 1 unspecified atom stereocenters. The van der Waals surface area contributed by atoms with Crippen molar-refractivity contribution in [2.45, 2.75) is 32.9 Å². The average Bonchev–Trinajstić information content (AvgIpc) is 2.14. The number of nitrogens with one attached hydrogen (secondary N) is 1. The lowest BCUT2D eigenvalue weighted by Gasteiger charge is -2.23. The Balaban J connectivity index is 4.38. The second-order valence-electron chi connectivity index (χ2n) is 3.88. The maximum Gasteiger partial charge on any atom is 0.216 e. The minimum atomic E-state index is -3.41. The normalized spacial score (nSPS) is 14.4. The van der Waals surface area contributed by atoms with Gasteiger partial charge in [-0.05, 0) is 20.8 Å². The van der Waals surface area contributed by atoms with Crippen LogP contribution in [-0.2, 0) is 14.8 Å². The molecule has 0 aliphatic heterocycles. The zero-order valence-electron chi connectivity index (χ0n) is 10.2. The Morgan fingerprint density at radius 3 is 2.31 bits per heavy atom. The SMILES string of the molecule is CC(C)OCCS(=O)(=O)N(C)C(C)C(=N)N. The maximum absolute atomic E-state index is 11.8. The smallest absolute Gasteiger partial charge is 0.216 e. The zero-order valence-corrected chi connectivity index (χ0v) is 11.0. The van der Waals surface area contributed by atoms with Gasteiger partial charge in [0.25, 0.3) is 0 Å². The molecule has 1 atom stereocenters. The first kappa shape index (κ1) is 15.3. The molecule has 0 aliphatic carbocycles. The summed E-state index contributed by atoms with van der Waals surface area (Å²) < 4.78 is 29.8. The maximum atomic E-state index is 11.8. The van der Waals surface area contributed by atoms with Crippen molar-refractivity contribution in [2.24, 2.45) is 5.73 Å². The number of sulfonamides is 1. The highest BCUT2D eigenvalue weighted by Gasteiger charge is 2.24. The van der Waals surface area contributed by atoms with Gasteiger partial charge in [0.1, 0.15) is 5.84 Å². The largest absolute Gasteiger partial charge is 0.386 e. The second-order valence-corrected chi connectivity index (χ2v) is 6.03. The van der Waals surface area contributed by atoms with E-state index in [-0.39, 0.29) is 24.3 Å². The van der Waals surface area contributed by atoms with E-state index in [1.165, 1.54) is 7.05 Å². The highest BCUT2D eigenvalue weighted by atomic mass is 32.2. The van der Waals surface area contributed by atoms with Crippen LogP contribution in [0.2, 0.25) is 0 Å². The molecule has 0 amide bonds. The van der Waals surface area contributed by atoms with Gasteiger partial charge >= 0.3 is 0 Å². The number of likely N-dealkylation sites (N-methyl/N-ethyl adjacent to an activating group) is 1. The summed E-state index contributed by atoms with van der Waals surface area (Å²) in [6.07, 6.45) is 0.00531. The average molecular weight is 251 g/mol. The Hall–Kier alpha value is -0.660. The summed E-state index contributed by atoms with van der Waals surface area (Å²) in [5.74, 6) is -0.268. The lowest BCUT2D eigenvalue weighted by atomic mass is 10.3. The van der Waals surface area contributed by atoms with Crippen LogP contribution in [0.5, 0.6) is 0 Å². The van der Waals surface area contributed by atoms with Gasteiger partial charge in [-0.3, -0.25) is 5.41 Å². The fraction of sp³-hybridized carbons (Fsp3) is 0.889. The van der Waals surface area contributed by atoms with Gasteiger partial charge in [-0.15, -0.1) is 0 Å². The Morgan fingerprint density at radius 2 is 1.94 bits per heavy atom. The molecule has 0 aromatic heterocycles. The van der Waals surface area contributed by atoms with Crippen LogP contribution in [-0.4, -0.2) is 50.1 Å². The van der Waals surface area contributed by atoms with Crippen molar-refractivity contribution in [3.63, 3.8) is 0 Å². The van der Waals surface area contributed by atoms with Gasteiger partial charge in [0.2, 0.25) is 10.0 Å². The van der Waals surface area contributed by atoms with Crippen LogP contribution >= 0.6 is 0 Å². The molecule has 7 heteroatoms. The predicted octanol–water partition coefficient (Wildman–Crippen LogP) is -0.00253. The number of amidine groups is 1. The standard InChI is InChI=1S/C9H21N3O3S/c1-7(2)15-5-6-16(13,14)12(4)8(3)9(10)11/h7-8H,5-6H2,1-4H3,(H3,10,11). The van der Waals surface area contributed by atoms with Gasteiger partial charge in [0.05, 0.1) is 24.5 Å². The molecule has 16 heavy (non-hydrogen) atoms. The van der Waals surface area contributed by atoms with Crippen molar-refractivity contribution in [1.29, 1.82) is 5.41 Å². The van der Waals surface area contributed by atoms with Crippen molar-refractivity contribution in [1.82, 2.24) is 4.31 Å². The number of ether oxygens (including phenoxy) is 1. The molecule has 0 saturated carbocycles. The van der Waals surface area contributed by atoms with E-state index in [0.717, 1.165) is 4.31 Å². The van der Waals surface area contributed by atoms with Crippen LogP contribution < -0.4 is 5.73 Å². The van der Waals surface area contributed by atoms with Crippen LogP contribution in [0.25, 0.3) is 0 Å². The Bertz CT molecular complexity index is 327. The molecule has 0 aromatic rings. The van der Waals surface area contributed by atoms with E-state index in [1.54, 1.807) is 6.92 Å². The number of nitrogens with two attached hydrogens (primary N) is 1. The highest BCUT2D eigenvalue weighted by molar-refractivity contribution is 7.89. The van der Waals surface area contributed by atoms with Gasteiger partial charge < -0.3 is 10.5 Å². The first-order valence-corrected chi connectivity index (χ1v) is 6.70. The van der Waals surface area contributed by atoms with E-state index < -0.39 is 16.1 Å². The Morgan fingerprint density at radius 1 is 1.44 bits per heavy atom. The molecule has 0 heterocycles. The van der Waals surface area contributed by atoms with Gasteiger partial charge in [0.15, 0.2) is 0 Å². The van der Waals surface area contributed by atoms with E-state index in [2.05, 4.69) is 0 Å². The topological polar surface area (TPSA) is 96.5 Å². The van der Waals surface area contributed by atoms with Gasteiger partial charge in [-0.25, -0.2) is 8.42 Å². The van der Waals surface area contributed by atoms with Crippen molar-refractivity contribution >= 4 is 15.9 Å². The molecule has 0 radical (unpaired) electrons. The Kier molecular flexibility index (Phi) is 5.91. The Labute approximate surface area is 97.3 Å². The fourth-order valence-electron chi connectivity index (χ4n) is 0.970. The lowest BCUT2D eigenvalue weighted by Crippen LogP contribution is -2.44. The molecular formula is C9H21N3O3S. The number of rotatable bonds is 7. The summed E-state index contributed by atoms with van der Waals surface area (Å²) in [5, 5.41) is 7.20. The van der Waals surface area contributed by atoms with Crippen molar-refractivity contribution in [3.8, 4) is 0 Å². The molecule has 0 bridgehead atoms. The molecule has 6 nitrogen and oxygen atoms in total. The summed E-state index contributed by atoms with van der Waals surface area (Å²) in [4.78, 5) is 0. The quantitative estimate of drug-likeness (QED) is 0.491. The molecule has 0 fully saturated rings. The van der Waals surface area contributed by atoms with E-state index in [0.29, 0.717) is 0 Å². The second kappa shape index (κ2) is 6.17. The molecular weight excluding hydrogens is 230 g/mol. The monoisotopic (exact) mass is 251 g/mol.